The predicted octanol–water partition coefficient (Wildman–Crippen LogP) is 2.60. The zero-order chi connectivity index (χ0) is 14.3. The molecule has 0 saturated heterocycles. The number of esters is 1. The normalized spacial score (nSPS) is 12.0. The Morgan fingerprint density at radius 2 is 1.74 bits per heavy atom. The van der Waals surface area contributed by atoms with Gasteiger partial charge in [-0.3, -0.25) is 9.59 Å². The Hall–Kier alpha value is -1.84. The maximum atomic E-state index is 11.7. The van der Waals surface area contributed by atoms with Gasteiger partial charge in [0.05, 0.1) is 18.6 Å². The van der Waals surface area contributed by atoms with E-state index >= 15 is 0 Å². The minimum absolute atomic E-state index is 0.0604. The van der Waals surface area contributed by atoms with Gasteiger partial charge in [-0.2, -0.15) is 0 Å². The largest absolute Gasteiger partial charge is 0.463 e. The van der Waals surface area contributed by atoms with Gasteiger partial charge in [-0.1, -0.05) is 30.3 Å². The SMILES string of the molecule is CC(C)OC(=O)CCC(=O)NC(C)c1ccccc1. The molecule has 0 aliphatic rings. The highest BCUT2D eigenvalue weighted by Gasteiger charge is 2.12. The van der Waals surface area contributed by atoms with E-state index in [4.69, 9.17) is 4.74 Å². The van der Waals surface area contributed by atoms with Crippen LogP contribution in [0.5, 0.6) is 0 Å². The van der Waals surface area contributed by atoms with Crippen molar-refractivity contribution in [2.24, 2.45) is 0 Å². The minimum atomic E-state index is -0.336. The summed E-state index contributed by atoms with van der Waals surface area (Å²) in [4.78, 5) is 23.0. The van der Waals surface area contributed by atoms with Crippen molar-refractivity contribution in [2.75, 3.05) is 0 Å². The molecule has 1 aromatic carbocycles. The molecule has 1 rings (SSSR count). The standard InChI is InChI=1S/C15H21NO3/c1-11(2)19-15(18)10-9-14(17)16-12(3)13-7-5-4-6-8-13/h4-8,11-12H,9-10H2,1-3H3,(H,16,17). The molecule has 0 aliphatic carbocycles. The van der Waals surface area contributed by atoms with Crippen LogP contribution in [0.15, 0.2) is 30.3 Å². The van der Waals surface area contributed by atoms with Crippen LogP contribution in [0, 0.1) is 0 Å². The van der Waals surface area contributed by atoms with E-state index < -0.39 is 0 Å². The van der Waals surface area contributed by atoms with E-state index in [-0.39, 0.29) is 36.9 Å². The number of ether oxygens (including phenoxy) is 1. The first-order valence-corrected chi connectivity index (χ1v) is 6.53. The minimum Gasteiger partial charge on any atom is -0.463 e. The van der Waals surface area contributed by atoms with Crippen LogP contribution in [0.1, 0.15) is 45.2 Å². The van der Waals surface area contributed by atoms with Crippen LogP contribution in [0.2, 0.25) is 0 Å². The molecule has 0 bridgehead atoms. The fraction of sp³-hybridized carbons (Fsp3) is 0.467. The van der Waals surface area contributed by atoms with Crippen LogP contribution in [0.25, 0.3) is 0 Å². The topological polar surface area (TPSA) is 55.4 Å². The average molecular weight is 263 g/mol. The highest BCUT2D eigenvalue weighted by Crippen LogP contribution is 2.11. The number of amides is 1. The highest BCUT2D eigenvalue weighted by molar-refractivity contribution is 5.81. The summed E-state index contributed by atoms with van der Waals surface area (Å²) in [5.74, 6) is -0.477. The lowest BCUT2D eigenvalue weighted by Crippen LogP contribution is -2.27. The smallest absolute Gasteiger partial charge is 0.306 e. The summed E-state index contributed by atoms with van der Waals surface area (Å²) in [5, 5.41) is 2.86. The van der Waals surface area contributed by atoms with Crippen LogP contribution in [-0.4, -0.2) is 18.0 Å². The lowest BCUT2D eigenvalue weighted by molar-refractivity contribution is -0.148. The Kier molecular flexibility index (Phi) is 6.06. The molecule has 0 aliphatic heterocycles. The number of hydrogen-bond donors (Lipinski definition) is 1. The van der Waals surface area contributed by atoms with Crippen LogP contribution in [0.3, 0.4) is 0 Å². The monoisotopic (exact) mass is 263 g/mol. The zero-order valence-electron chi connectivity index (χ0n) is 11.7. The summed E-state index contributed by atoms with van der Waals surface area (Å²) in [6, 6.07) is 9.64. The fourth-order valence-corrected chi connectivity index (χ4v) is 1.68. The van der Waals surface area contributed by atoms with E-state index in [2.05, 4.69) is 5.32 Å². The van der Waals surface area contributed by atoms with Crippen molar-refractivity contribution in [2.45, 2.75) is 45.8 Å². The van der Waals surface area contributed by atoms with Gasteiger partial charge >= 0.3 is 5.97 Å². The maximum Gasteiger partial charge on any atom is 0.306 e. The van der Waals surface area contributed by atoms with E-state index in [1.165, 1.54) is 0 Å². The van der Waals surface area contributed by atoms with Crippen molar-refractivity contribution in [1.82, 2.24) is 5.32 Å². The van der Waals surface area contributed by atoms with Crippen LogP contribution in [-0.2, 0) is 14.3 Å². The second kappa shape index (κ2) is 7.56. The molecule has 1 aromatic rings. The molecule has 0 heterocycles. The molecule has 1 N–H and O–H groups in total. The van der Waals surface area contributed by atoms with Crippen molar-refractivity contribution < 1.29 is 14.3 Å². The first kappa shape index (κ1) is 15.2. The Labute approximate surface area is 114 Å². The molecule has 0 saturated carbocycles. The molecular weight excluding hydrogens is 242 g/mol. The second-order valence-corrected chi connectivity index (χ2v) is 4.74. The summed E-state index contributed by atoms with van der Waals surface area (Å²) in [6.07, 6.45) is 0.132. The lowest BCUT2D eigenvalue weighted by Gasteiger charge is -2.14. The van der Waals surface area contributed by atoms with Crippen LogP contribution in [0.4, 0.5) is 0 Å². The van der Waals surface area contributed by atoms with Gasteiger partial charge in [-0.15, -0.1) is 0 Å². The van der Waals surface area contributed by atoms with Crippen molar-refractivity contribution in [3.63, 3.8) is 0 Å². The molecule has 4 heteroatoms. The van der Waals surface area contributed by atoms with E-state index in [1.54, 1.807) is 13.8 Å². The summed E-state index contributed by atoms with van der Waals surface area (Å²) >= 11 is 0. The number of hydrogen-bond acceptors (Lipinski definition) is 3. The third-order valence-corrected chi connectivity index (χ3v) is 2.60. The number of carbonyl (C=O) groups is 2. The third-order valence-electron chi connectivity index (χ3n) is 2.60. The molecule has 1 atom stereocenters. The van der Waals surface area contributed by atoms with Crippen molar-refractivity contribution in [3.05, 3.63) is 35.9 Å². The predicted molar refractivity (Wildman–Crippen MR) is 73.5 cm³/mol. The van der Waals surface area contributed by atoms with Gasteiger partial charge in [-0.05, 0) is 26.3 Å². The number of rotatable bonds is 6. The number of carbonyl (C=O) groups excluding carboxylic acids is 2. The van der Waals surface area contributed by atoms with E-state index in [9.17, 15) is 9.59 Å². The first-order chi connectivity index (χ1) is 8.99. The van der Waals surface area contributed by atoms with Gasteiger partial charge in [0.15, 0.2) is 0 Å². The number of nitrogens with one attached hydrogen (secondary N) is 1. The molecule has 19 heavy (non-hydrogen) atoms. The summed E-state index contributed by atoms with van der Waals surface area (Å²) in [5.41, 5.74) is 1.04. The van der Waals surface area contributed by atoms with Gasteiger partial charge in [-0.25, -0.2) is 0 Å². The van der Waals surface area contributed by atoms with E-state index in [0.717, 1.165) is 5.56 Å². The number of benzene rings is 1. The zero-order valence-corrected chi connectivity index (χ0v) is 11.7. The summed E-state index contributed by atoms with van der Waals surface area (Å²) in [7, 11) is 0. The van der Waals surface area contributed by atoms with E-state index in [1.807, 2.05) is 37.3 Å². The van der Waals surface area contributed by atoms with Gasteiger partial charge in [0.2, 0.25) is 5.91 Å². The molecule has 0 fully saturated rings. The third kappa shape index (κ3) is 6.04. The fourth-order valence-electron chi connectivity index (χ4n) is 1.68. The maximum absolute atomic E-state index is 11.7. The van der Waals surface area contributed by atoms with Crippen LogP contribution >= 0.6 is 0 Å². The van der Waals surface area contributed by atoms with Gasteiger partial charge in [0.25, 0.3) is 0 Å². The second-order valence-electron chi connectivity index (χ2n) is 4.74. The van der Waals surface area contributed by atoms with Gasteiger partial charge < -0.3 is 10.1 Å². The molecule has 0 aromatic heterocycles. The van der Waals surface area contributed by atoms with Crippen molar-refractivity contribution >= 4 is 11.9 Å². The molecule has 1 unspecified atom stereocenters. The molecular formula is C15H21NO3. The van der Waals surface area contributed by atoms with Gasteiger partial charge in [0, 0.05) is 6.42 Å². The summed E-state index contributed by atoms with van der Waals surface area (Å²) < 4.78 is 4.97. The Bertz CT molecular complexity index is 415. The Balaban J connectivity index is 2.33. The average Bonchev–Trinajstić information content (AvgIpc) is 2.36. The molecule has 1 amide bonds. The lowest BCUT2D eigenvalue weighted by atomic mass is 10.1. The molecule has 0 spiro atoms. The summed E-state index contributed by atoms with van der Waals surface area (Å²) in [6.45, 7) is 5.49. The Morgan fingerprint density at radius 1 is 1.11 bits per heavy atom. The van der Waals surface area contributed by atoms with Crippen LogP contribution < -0.4 is 5.32 Å². The molecule has 4 nitrogen and oxygen atoms in total. The van der Waals surface area contributed by atoms with Gasteiger partial charge in [0.1, 0.15) is 0 Å². The van der Waals surface area contributed by atoms with E-state index in [0.29, 0.717) is 0 Å². The highest BCUT2D eigenvalue weighted by atomic mass is 16.5. The Morgan fingerprint density at radius 3 is 2.32 bits per heavy atom. The van der Waals surface area contributed by atoms with Crippen molar-refractivity contribution in [1.29, 1.82) is 0 Å². The van der Waals surface area contributed by atoms with Crippen molar-refractivity contribution in [3.8, 4) is 0 Å². The molecule has 104 valence electrons. The first-order valence-electron chi connectivity index (χ1n) is 6.53. The molecule has 0 radical (unpaired) electrons. The quantitative estimate of drug-likeness (QED) is 0.803.